The van der Waals surface area contributed by atoms with Crippen molar-refractivity contribution in [1.82, 2.24) is 30.6 Å². The lowest BCUT2D eigenvalue weighted by molar-refractivity contribution is 0.133. The monoisotopic (exact) mass is 445 g/mol. The topological polar surface area (TPSA) is 108 Å². The number of hydrogen-bond acceptors (Lipinski definition) is 9. The molecule has 0 aliphatic carbocycles. The van der Waals surface area contributed by atoms with E-state index >= 15 is 0 Å². The summed E-state index contributed by atoms with van der Waals surface area (Å²) in [5.74, 6) is 0.616. The lowest BCUT2D eigenvalue weighted by Gasteiger charge is -2.23. The van der Waals surface area contributed by atoms with Gasteiger partial charge in [-0.15, -0.1) is 11.3 Å². The third-order valence-electron chi connectivity index (χ3n) is 5.57. The number of hydrogen-bond donors (Lipinski definition) is 4. The van der Waals surface area contributed by atoms with E-state index in [1.165, 1.54) is 36.4 Å². The maximum Gasteiger partial charge on any atom is 0.225 e. The summed E-state index contributed by atoms with van der Waals surface area (Å²) in [6.07, 6.45) is 5.21. The minimum Gasteiger partial charge on any atom is -0.373 e. The molecule has 2 atom stereocenters. The van der Waals surface area contributed by atoms with Crippen molar-refractivity contribution in [1.29, 1.82) is 0 Å². The molecule has 0 bridgehead atoms. The lowest BCUT2D eigenvalue weighted by Crippen LogP contribution is -2.31. The van der Waals surface area contributed by atoms with Crippen LogP contribution >= 0.6 is 11.3 Å². The maximum absolute atomic E-state index is 13.5. The van der Waals surface area contributed by atoms with Gasteiger partial charge in [0, 0.05) is 6.20 Å². The first-order chi connectivity index (χ1) is 15.0. The average Bonchev–Trinajstić information content (AvgIpc) is 3.13. The Morgan fingerprint density at radius 1 is 1.26 bits per heavy atom. The first kappa shape index (κ1) is 21.9. The van der Waals surface area contributed by atoms with E-state index in [-0.39, 0.29) is 6.04 Å². The molecule has 1 unspecified atom stereocenters. The number of aliphatic hydroxyl groups is 1. The zero-order chi connectivity index (χ0) is 21.8. The van der Waals surface area contributed by atoms with Gasteiger partial charge in [0.25, 0.3) is 0 Å². The van der Waals surface area contributed by atoms with E-state index in [1.807, 2.05) is 13.8 Å². The van der Waals surface area contributed by atoms with Crippen molar-refractivity contribution in [2.45, 2.75) is 45.4 Å². The molecule has 4 heterocycles. The van der Waals surface area contributed by atoms with E-state index in [4.69, 9.17) is 0 Å². The van der Waals surface area contributed by atoms with Gasteiger partial charge in [-0.1, -0.05) is 0 Å². The highest BCUT2D eigenvalue weighted by molar-refractivity contribution is 7.18. The van der Waals surface area contributed by atoms with Gasteiger partial charge in [0.15, 0.2) is 5.65 Å². The lowest BCUT2D eigenvalue weighted by atomic mass is 9.95. The first-order valence-electron chi connectivity index (χ1n) is 10.6. The Morgan fingerprint density at radius 2 is 2.06 bits per heavy atom. The largest absolute Gasteiger partial charge is 0.373 e. The van der Waals surface area contributed by atoms with Gasteiger partial charge >= 0.3 is 0 Å². The second-order valence-electron chi connectivity index (χ2n) is 7.96. The van der Waals surface area contributed by atoms with Crippen LogP contribution in [0.4, 0.5) is 10.3 Å². The molecule has 0 radical (unpaired) electrons. The predicted molar refractivity (Wildman–Crippen MR) is 119 cm³/mol. The zero-order valence-electron chi connectivity index (χ0n) is 17.7. The Labute approximate surface area is 184 Å². The molecule has 8 nitrogen and oxygen atoms in total. The minimum absolute atomic E-state index is 0.266. The first-order valence-corrected chi connectivity index (χ1v) is 11.5. The van der Waals surface area contributed by atoms with Gasteiger partial charge < -0.3 is 15.7 Å². The number of aliphatic hydroxyl groups excluding tert-OH is 1. The molecule has 3 aromatic rings. The van der Waals surface area contributed by atoms with Crippen LogP contribution in [0, 0.1) is 18.7 Å². The summed E-state index contributed by atoms with van der Waals surface area (Å²) in [7, 11) is 0. The zero-order valence-corrected chi connectivity index (χ0v) is 18.5. The molecule has 1 aliphatic heterocycles. The molecule has 0 saturated carbocycles. The quantitative estimate of drug-likeness (QED) is 0.392. The number of pyridine rings is 1. The number of piperidine rings is 1. The summed E-state index contributed by atoms with van der Waals surface area (Å²) in [5, 5.41) is 21.5. The van der Waals surface area contributed by atoms with Gasteiger partial charge in [-0.3, -0.25) is 10.3 Å². The van der Waals surface area contributed by atoms with Crippen molar-refractivity contribution in [2.75, 3.05) is 25.0 Å². The van der Waals surface area contributed by atoms with Gasteiger partial charge in [0.1, 0.15) is 17.7 Å². The summed E-state index contributed by atoms with van der Waals surface area (Å²) in [6.45, 7) is 6.62. The molecule has 4 N–H and O–H groups in total. The molecule has 0 spiro atoms. The van der Waals surface area contributed by atoms with Crippen molar-refractivity contribution in [3.05, 3.63) is 40.5 Å². The highest BCUT2D eigenvalue weighted by Crippen LogP contribution is 2.29. The average molecular weight is 446 g/mol. The van der Waals surface area contributed by atoms with E-state index in [9.17, 15) is 9.50 Å². The van der Waals surface area contributed by atoms with Crippen molar-refractivity contribution in [3.63, 3.8) is 0 Å². The molecule has 166 valence electrons. The Balaban J connectivity index is 1.50. The Morgan fingerprint density at radius 3 is 2.84 bits per heavy atom. The maximum atomic E-state index is 13.5. The smallest absolute Gasteiger partial charge is 0.225 e. The van der Waals surface area contributed by atoms with E-state index in [0.717, 1.165) is 29.2 Å². The van der Waals surface area contributed by atoms with Crippen LogP contribution in [0.2, 0.25) is 0 Å². The number of halogens is 1. The number of anilines is 1. The third kappa shape index (κ3) is 5.51. The fourth-order valence-electron chi connectivity index (χ4n) is 3.83. The molecule has 0 amide bonds. The van der Waals surface area contributed by atoms with Gasteiger partial charge in [0.05, 0.1) is 21.9 Å². The van der Waals surface area contributed by atoms with Crippen LogP contribution in [0.25, 0.3) is 10.3 Å². The number of fused-ring (bicyclic) bond motifs is 1. The standard InChI is InChI=1S/C21H28FN7OS/c1-12(15-9-16(22)11-24-10-15)26-21-28-17(18-19(29-21)27-13(2)31-18)20(30)25-8-5-14-3-6-23-7-4-14/h9-12,14,20,23,25,30H,3-8H2,1-2H3,(H,26,28,29)/t12-,20?/m0/s1. The van der Waals surface area contributed by atoms with Crippen LogP contribution < -0.4 is 16.0 Å². The summed E-state index contributed by atoms with van der Waals surface area (Å²) in [6, 6.07) is 1.16. The van der Waals surface area contributed by atoms with Crippen LogP contribution in [-0.2, 0) is 0 Å². The van der Waals surface area contributed by atoms with Crippen LogP contribution in [-0.4, -0.2) is 44.7 Å². The fraction of sp³-hybridized carbons (Fsp3) is 0.524. The summed E-state index contributed by atoms with van der Waals surface area (Å²) >= 11 is 1.46. The van der Waals surface area contributed by atoms with Gasteiger partial charge in [-0.25, -0.2) is 14.4 Å². The highest BCUT2D eigenvalue weighted by Gasteiger charge is 2.20. The molecule has 1 aliphatic rings. The number of thiazole rings is 1. The van der Waals surface area contributed by atoms with Crippen LogP contribution in [0.15, 0.2) is 18.5 Å². The van der Waals surface area contributed by atoms with E-state index in [1.54, 1.807) is 6.20 Å². The van der Waals surface area contributed by atoms with Crippen LogP contribution in [0.5, 0.6) is 0 Å². The summed E-state index contributed by atoms with van der Waals surface area (Å²) in [5.41, 5.74) is 1.73. The third-order valence-corrected chi connectivity index (χ3v) is 6.55. The molecule has 31 heavy (non-hydrogen) atoms. The van der Waals surface area contributed by atoms with Crippen molar-refractivity contribution >= 4 is 27.6 Å². The second kappa shape index (κ2) is 9.90. The number of rotatable bonds is 8. The Bertz CT molecular complexity index is 1020. The van der Waals surface area contributed by atoms with E-state index < -0.39 is 12.0 Å². The van der Waals surface area contributed by atoms with Gasteiger partial charge in [0.2, 0.25) is 5.95 Å². The number of nitrogens with zero attached hydrogens (tertiary/aromatic N) is 4. The Hall–Kier alpha value is -2.27. The second-order valence-corrected chi connectivity index (χ2v) is 9.16. The summed E-state index contributed by atoms with van der Waals surface area (Å²) < 4.78 is 14.3. The predicted octanol–water partition coefficient (Wildman–Crippen LogP) is 3.07. The fourth-order valence-corrected chi connectivity index (χ4v) is 4.70. The molecule has 4 rings (SSSR count). The molecule has 1 fully saturated rings. The highest BCUT2D eigenvalue weighted by atomic mass is 32.1. The van der Waals surface area contributed by atoms with Crippen molar-refractivity contribution < 1.29 is 9.50 Å². The van der Waals surface area contributed by atoms with Gasteiger partial charge in [-0.2, -0.15) is 4.98 Å². The molecular weight excluding hydrogens is 417 g/mol. The minimum atomic E-state index is -0.918. The normalized spacial score (nSPS) is 17.0. The Kier molecular flexibility index (Phi) is 7.01. The number of nitrogens with one attached hydrogen (secondary N) is 3. The summed E-state index contributed by atoms with van der Waals surface area (Å²) in [4.78, 5) is 17.4. The number of aryl methyl sites for hydroxylation is 1. The van der Waals surface area contributed by atoms with E-state index in [2.05, 4.69) is 35.9 Å². The number of aromatic nitrogens is 4. The molecule has 0 aromatic carbocycles. The van der Waals surface area contributed by atoms with Gasteiger partial charge in [-0.05, 0) is 70.3 Å². The van der Waals surface area contributed by atoms with E-state index in [0.29, 0.717) is 35.3 Å². The van der Waals surface area contributed by atoms with Crippen LogP contribution in [0.1, 0.15) is 54.7 Å². The molecule has 10 heteroatoms. The van der Waals surface area contributed by atoms with Crippen LogP contribution in [0.3, 0.4) is 0 Å². The molecule has 1 saturated heterocycles. The molecule has 3 aromatic heterocycles. The SMILES string of the molecule is Cc1nc2nc(N[C@@H](C)c3cncc(F)c3)nc(C(O)NCCC3CCNCC3)c2s1. The molecular formula is C21H28FN7OS. The van der Waals surface area contributed by atoms with Crippen molar-refractivity contribution in [2.24, 2.45) is 5.92 Å². The van der Waals surface area contributed by atoms with Crippen molar-refractivity contribution in [3.8, 4) is 0 Å².